The Hall–Kier alpha value is -4.73. The fourth-order valence-corrected chi connectivity index (χ4v) is 4.71. The van der Waals surface area contributed by atoms with Crippen LogP contribution in [0.3, 0.4) is 0 Å². The largest absolute Gasteiger partial charge is 0.478 e. The molecule has 10 heteroatoms. The number of hydrogen-bond donors (Lipinski definition) is 2. The number of carboxylic acid groups (broad SMARTS) is 1. The predicted molar refractivity (Wildman–Crippen MR) is 139 cm³/mol. The van der Waals surface area contributed by atoms with Crippen molar-refractivity contribution in [3.8, 4) is 0 Å². The molecule has 2 amide bonds. The van der Waals surface area contributed by atoms with Gasteiger partial charge in [-0.1, -0.05) is 42.5 Å². The van der Waals surface area contributed by atoms with Crippen molar-refractivity contribution in [1.29, 1.82) is 5.41 Å². The Kier molecular flexibility index (Phi) is 7.40. The lowest BCUT2D eigenvalue weighted by molar-refractivity contribution is -0.137. The maximum absolute atomic E-state index is 14.1. The van der Waals surface area contributed by atoms with E-state index in [-0.39, 0.29) is 34.8 Å². The van der Waals surface area contributed by atoms with Gasteiger partial charge in [-0.05, 0) is 60.9 Å². The summed E-state index contributed by atoms with van der Waals surface area (Å²) < 4.78 is 40.5. The second-order valence-corrected chi connectivity index (χ2v) is 9.07. The van der Waals surface area contributed by atoms with E-state index in [2.05, 4.69) is 0 Å². The molecule has 0 fully saturated rings. The van der Waals surface area contributed by atoms with Crippen molar-refractivity contribution in [1.82, 2.24) is 4.90 Å². The van der Waals surface area contributed by atoms with Gasteiger partial charge in [0.15, 0.2) is 5.78 Å². The first-order valence-electron chi connectivity index (χ1n) is 11.8. The summed E-state index contributed by atoms with van der Waals surface area (Å²) in [5.74, 6) is -1.55. The van der Waals surface area contributed by atoms with E-state index in [1.807, 2.05) is 0 Å². The summed E-state index contributed by atoms with van der Waals surface area (Å²) in [5, 5.41) is 16.9. The number of halogens is 3. The molecule has 0 aromatic heterocycles. The van der Waals surface area contributed by atoms with Gasteiger partial charge in [0.05, 0.1) is 22.9 Å². The number of urea groups is 1. The number of amides is 2. The molecule has 1 aliphatic rings. The molecule has 200 valence electrons. The third-order valence-corrected chi connectivity index (χ3v) is 6.50. The molecule has 1 aliphatic heterocycles. The number of allylic oxidation sites excluding steroid dienone is 1. The smallest absolute Gasteiger partial charge is 0.416 e. The normalized spacial score (nSPS) is 15.9. The monoisotopic (exact) mass is 535 g/mol. The van der Waals surface area contributed by atoms with E-state index in [0.717, 1.165) is 23.2 Å². The minimum atomic E-state index is -4.65. The number of carbonyl (C=O) groups excluding carboxylic acids is 2. The van der Waals surface area contributed by atoms with Crippen LogP contribution in [0.5, 0.6) is 0 Å². The molecule has 39 heavy (non-hydrogen) atoms. The molecule has 3 aromatic carbocycles. The Morgan fingerprint density at radius 1 is 1.03 bits per heavy atom. The van der Waals surface area contributed by atoms with Crippen molar-refractivity contribution in [2.45, 2.75) is 32.6 Å². The van der Waals surface area contributed by atoms with Crippen molar-refractivity contribution in [3.63, 3.8) is 0 Å². The molecule has 1 atom stereocenters. The zero-order chi connectivity index (χ0) is 28.5. The third-order valence-electron chi connectivity index (χ3n) is 6.50. The van der Waals surface area contributed by atoms with E-state index < -0.39 is 29.8 Å². The third kappa shape index (κ3) is 5.45. The second kappa shape index (κ2) is 10.6. The van der Waals surface area contributed by atoms with Crippen LogP contribution in [0.15, 0.2) is 84.1 Å². The quantitative estimate of drug-likeness (QED) is 0.340. The van der Waals surface area contributed by atoms with Crippen molar-refractivity contribution < 1.29 is 32.7 Å². The van der Waals surface area contributed by atoms with Crippen LogP contribution < -0.4 is 4.90 Å². The molecular weight excluding hydrogens is 511 g/mol. The van der Waals surface area contributed by atoms with Crippen LogP contribution in [0.2, 0.25) is 0 Å². The van der Waals surface area contributed by atoms with Gasteiger partial charge >= 0.3 is 18.2 Å². The molecule has 0 saturated carbocycles. The van der Waals surface area contributed by atoms with Gasteiger partial charge in [0.25, 0.3) is 0 Å². The van der Waals surface area contributed by atoms with E-state index in [4.69, 9.17) is 5.41 Å². The minimum absolute atomic E-state index is 0.00269. The van der Waals surface area contributed by atoms with Gasteiger partial charge in [-0.25, -0.2) is 9.59 Å². The van der Waals surface area contributed by atoms with Gasteiger partial charge in [-0.2, -0.15) is 13.2 Å². The number of carboxylic acids is 1. The van der Waals surface area contributed by atoms with Crippen LogP contribution in [-0.2, 0) is 17.5 Å². The van der Waals surface area contributed by atoms with Crippen LogP contribution in [0.1, 0.15) is 52.5 Å². The molecule has 0 bridgehead atoms. The first kappa shape index (κ1) is 27.3. The molecule has 7 nitrogen and oxygen atoms in total. The van der Waals surface area contributed by atoms with Gasteiger partial charge in [-0.3, -0.25) is 9.69 Å². The topological polar surface area (TPSA) is 102 Å². The highest BCUT2D eigenvalue weighted by Crippen LogP contribution is 2.41. The lowest BCUT2D eigenvalue weighted by Crippen LogP contribution is -2.50. The number of aromatic carboxylic acids is 1. The van der Waals surface area contributed by atoms with Gasteiger partial charge in [0, 0.05) is 24.0 Å². The maximum atomic E-state index is 14.1. The average molecular weight is 536 g/mol. The van der Waals surface area contributed by atoms with Crippen molar-refractivity contribution in [2.75, 3.05) is 4.90 Å². The number of alkyl halides is 3. The molecule has 3 aromatic rings. The number of nitrogens with zero attached hydrogens (tertiary/aromatic N) is 2. The SMILES string of the molecule is CC(=O)C1=C(C)N(c2cccc(C(F)(F)F)c2)C(=O)N(Cc2cccc(C(=O)O)c2)[C@@H]1c1ccc(C=N)cc1. The fourth-order valence-electron chi connectivity index (χ4n) is 4.71. The van der Waals surface area contributed by atoms with Crippen LogP contribution in [0, 0.1) is 5.41 Å². The van der Waals surface area contributed by atoms with Crippen molar-refractivity contribution in [2.24, 2.45) is 0 Å². The van der Waals surface area contributed by atoms with E-state index in [1.54, 1.807) is 30.3 Å². The lowest BCUT2D eigenvalue weighted by Gasteiger charge is -2.43. The average Bonchev–Trinajstić information content (AvgIpc) is 2.90. The molecule has 0 unspecified atom stereocenters. The van der Waals surface area contributed by atoms with Gasteiger partial charge in [-0.15, -0.1) is 0 Å². The van der Waals surface area contributed by atoms with Crippen LogP contribution >= 0.6 is 0 Å². The number of carbonyl (C=O) groups is 3. The molecule has 4 rings (SSSR count). The minimum Gasteiger partial charge on any atom is -0.478 e. The zero-order valence-electron chi connectivity index (χ0n) is 21.0. The summed E-state index contributed by atoms with van der Waals surface area (Å²) in [4.78, 5) is 41.1. The van der Waals surface area contributed by atoms with Gasteiger partial charge in [0.2, 0.25) is 0 Å². The number of anilines is 1. The van der Waals surface area contributed by atoms with E-state index in [9.17, 15) is 32.7 Å². The standard InChI is InChI=1S/C29H24F3N3O4/c1-17-25(18(2)36)26(21-11-9-19(15-33)10-12-21)34(16-20-5-3-6-22(13-20)27(37)38)28(39)35(17)24-8-4-7-23(14-24)29(30,31)32/h3-15,26,33H,16H2,1-2H3,(H,37,38)/t26-/m1/s1. The highest BCUT2D eigenvalue weighted by molar-refractivity contribution is 6.05. The van der Waals surface area contributed by atoms with Crippen molar-refractivity contribution >= 4 is 29.7 Å². The Bertz CT molecular complexity index is 1500. The van der Waals surface area contributed by atoms with E-state index >= 15 is 0 Å². The first-order chi connectivity index (χ1) is 18.4. The number of ketones is 1. The summed E-state index contributed by atoms with van der Waals surface area (Å²) in [6.45, 7) is 2.70. The van der Waals surface area contributed by atoms with Crippen LogP contribution in [-0.4, -0.2) is 34.0 Å². The number of Topliss-reactive ketones (excluding diaryl/α,β-unsaturated/α-hetero) is 1. The van der Waals surface area contributed by atoms with E-state index in [1.165, 1.54) is 49.1 Å². The zero-order valence-corrected chi connectivity index (χ0v) is 21.0. The predicted octanol–water partition coefficient (Wildman–Crippen LogP) is 6.45. The number of rotatable bonds is 7. The molecule has 2 N–H and O–H groups in total. The Morgan fingerprint density at radius 2 is 1.69 bits per heavy atom. The molecule has 1 heterocycles. The highest BCUT2D eigenvalue weighted by Gasteiger charge is 2.42. The number of benzene rings is 3. The first-order valence-corrected chi connectivity index (χ1v) is 11.8. The molecular formula is C29H24F3N3O4. The fraction of sp³-hybridized carbons (Fsp3) is 0.172. The highest BCUT2D eigenvalue weighted by atomic mass is 19.4. The molecule has 0 spiro atoms. The Labute approximate surface area is 222 Å². The summed E-state index contributed by atoms with van der Waals surface area (Å²) >= 11 is 0. The summed E-state index contributed by atoms with van der Waals surface area (Å²) in [7, 11) is 0. The molecule has 0 saturated heterocycles. The Balaban J connectivity index is 1.93. The summed E-state index contributed by atoms with van der Waals surface area (Å²) in [6.07, 6.45) is -3.50. The van der Waals surface area contributed by atoms with Gasteiger partial charge < -0.3 is 15.4 Å². The molecule has 0 aliphatic carbocycles. The van der Waals surface area contributed by atoms with Gasteiger partial charge in [0.1, 0.15) is 0 Å². The Morgan fingerprint density at radius 3 is 2.28 bits per heavy atom. The van der Waals surface area contributed by atoms with Crippen LogP contribution in [0.4, 0.5) is 23.7 Å². The number of hydrogen-bond acceptors (Lipinski definition) is 4. The lowest BCUT2D eigenvalue weighted by atomic mass is 9.89. The molecule has 0 radical (unpaired) electrons. The van der Waals surface area contributed by atoms with Crippen molar-refractivity contribution in [3.05, 3.63) is 112 Å². The summed E-state index contributed by atoms with van der Waals surface area (Å²) in [6, 6.07) is 15.3. The maximum Gasteiger partial charge on any atom is 0.416 e. The number of nitrogens with one attached hydrogen (secondary N) is 1. The van der Waals surface area contributed by atoms with Crippen LogP contribution in [0.25, 0.3) is 0 Å². The summed E-state index contributed by atoms with van der Waals surface area (Å²) in [5.41, 5.74) is 0.970. The second-order valence-electron chi connectivity index (χ2n) is 9.07. The van der Waals surface area contributed by atoms with E-state index in [0.29, 0.717) is 16.7 Å².